The first-order valence-electron chi connectivity index (χ1n) is 7.06. The van der Waals surface area contributed by atoms with Crippen LogP contribution < -0.4 is 4.74 Å². The maximum absolute atomic E-state index is 12.2. The van der Waals surface area contributed by atoms with Crippen molar-refractivity contribution >= 4 is 5.91 Å². The normalized spacial score (nSPS) is 9.86. The van der Waals surface area contributed by atoms with E-state index in [1.807, 2.05) is 37.3 Å². The first-order valence-corrected chi connectivity index (χ1v) is 7.06. The second-order valence-corrected chi connectivity index (χ2v) is 5.03. The monoisotopic (exact) mass is 294 g/mol. The minimum atomic E-state index is -0.0853. The van der Waals surface area contributed by atoms with Crippen LogP contribution in [0.2, 0.25) is 0 Å². The molecule has 0 aliphatic carbocycles. The van der Waals surface area contributed by atoms with Crippen LogP contribution in [0.5, 0.6) is 5.75 Å². The van der Waals surface area contributed by atoms with Gasteiger partial charge >= 0.3 is 0 Å². The number of rotatable bonds is 5. The Morgan fingerprint density at radius 3 is 2.50 bits per heavy atom. The molecular formula is C18H18N2O2. The van der Waals surface area contributed by atoms with Crippen molar-refractivity contribution in [2.24, 2.45) is 0 Å². The first-order chi connectivity index (χ1) is 10.6. The van der Waals surface area contributed by atoms with Gasteiger partial charge in [-0.2, -0.15) is 5.26 Å². The zero-order valence-electron chi connectivity index (χ0n) is 12.7. The molecule has 0 fully saturated rings. The summed E-state index contributed by atoms with van der Waals surface area (Å²) in [6.07, 6.45) is 0. The van der Waals surface area contributed by atoms with Crippen molar-refractivity contribution in [3.63, 3.8) is 0 Å². The summed E-state index contributed by atoms with van der Waals surface area (Å²) in [6.45, 7) is 2.91. The Morgan fingerprint density at radius 1 is 1.18 bits per heavy atom. The second kappa shape index (κ2) is 7.28. The molecule has 0 saturated heterocycles. The first kappa shape index (κ1) is 15.6. The Morgan fingerprint density at radius 2 is 1.86 bits per heavy atom. The molecule has 0 atom stereocenters. The van der Waals surface area contributed by atoms with Crippen LogP contribution >= 0.6 is 0 Å². The van der Waals surface area contributed by atoms with E-state index < -0.39 is 0 Å². The highest BCUT2D eigenvalue weighted by Crippen LogP contribution is 2.16. The summed E-state index contributed by atoms with van der Waals surface area (Å²) < 4.78 is 5.69. The van der Waals surface area contributed by atoms with Crippen LogP contribution in [0.4, 0.5) is 0 Å². The lowest BCUT2D eigenvalue weighted by molar-refractivity contribution is 0.0773. The van der Waals surface area contributed by atoms with Crippen molar-refractivity contribution in [1.29, 1.82) is 5.26 Å². The number of amides is 1. The Bertz CT molecular complexity index is 687. The van der Waals surface area contributed by atoms with Gasteiger partial charge in [-0.1, -0.05) is 18.2 Å². The molecule has 22 heavy (non-hydrogen) atoms. The summed E-state index contributed by atoms with van der Waals surface area (Å²) in [5, 5.41) is 8.76. The summed E-state index contributed by atoms with van der Waals surface area (Å²) in [4.78, 5) is 13.9. The third-order valence-corrected chi connectivity index (χ3v) is 3.39. The summed E-state index contributed by atoms with van der Waals surface area (Å²) in [5.74, 6) is 0.750. The van der Waals surface area contributed by atoms with E-state index in [1.165, 1.54) is 0 Å². The molecule has 2 aromatic carbocycles. The van der Waals surface area contributed by atoms with Crippen molar-refractivity contribution in [2.45, 2.75) is 6.92 Å². The Kier molecular flexibility index (Phi) is 5.16. The molecule has 0 unspecified atom stereocenters. The summed E-state index contributed by atoms with van der Waals surface area (Å²) in [5.41, 5.74) is 2.18. The fourth-order valence-corrected chi connectivity index (χ4v) is 2.02. The lowest BCUT2D eigenvalue weighted by Crippen LogP contribution is -2.30. The molecule has 0 aliphatic heterocycles. The van der Waals surface area contributed by atoms with E-state index in [9.17, 15) is 4.79 Å². The number of ether oxygens (including phenoxy) is 1. The van der Waals surface area contributed by atoms with Gasteiger partial charge in [-0.05, 0) is 42.8 Å². The highest BCUT2D eigenvalue weighted by Gasteiger charge is 2.11. The molecular weight excluding hydrogens is 276 g/mol. The number of nitrogens with zero attached hydrogens (tertiary/aromatic N) is 2. The smallest absolute Gasteiger partial charge is 0.253 e. The second-order valence-electron chi connectivity index (χ2n) is 5.03. The number of para-hydroxylation sites is 1. The van der Waals surface area contributed by atoms with Crippen LogP contribution in [-0.2, 0) is 0 Å². The highest BCUT2D eigenvalue weighted by atomic mass is 16.5. The van der Waals surface area contributed by atoms with Gasteiger partial charge in [0.2, 0.25) is 0 Å². The van der Waals surface area contributed by atoms with Gasteiger partial charge in [0, 0.05) is 12.6 Å². The Labute approximate surface area is 130 Å². The van der Waals surface area contributed by atoms with E-state index in [0.29, 0.717) is 24.3 Å². The summed E-state index contributed by atoms with van der Waals surface area (Å²) >= 11 is 0. The Balaban J connectivity index is 1.89. The molecule has 0 heterocycles. The van der Waals surface area contributed by atoms with Crippen molar-refractivity contribution in [2.75, 3.05) is 20.2 Å². The third-order valence-electron chi connectivity index (χ3n) is 3.39. The van der Waals surface area contributed by atoms with Gasteiger partial charge < -0.3 is 9.64 Å². The number of hydrogen-bond donors (Lipinski definition) is 0. The minimum absolute atomic E-state index is 0.0853. The molecule has 0 saturated carbocycles. The van der Waals surface area contributed by atoms with Crippen molar-refractivity contribution < 1.29 is 9.53 Å². The molecule has 0 aliphatic rings. The van der Waals surface area contributed by atoms with Gasteiger partial charge in [0.1, 0.15) is 12.4 Å². The Hall–Kier alpha value is -2.80. The molecule has 112 valence electrons. The van der Waals surface area contributed by atoms with Crippen LogP contribution in [-0.4, -0.2) is 31.0 Å². The van der Waals surface area contributed by atoms with E-state index in [1.54, 1.807) is 36.2 Å². The van der Waals surface area contributed by atoms with Crippen LogP contribution in [0.25, 0.3) is 0 Å². The molecule has 4 heteroatoms. The van der Waals surface area contributed by atoms with E-state index in [2.05, 4.69) is 0 Å². The quantitative estimate of drug-likeness (QED) is 0.851. The predicted octanol–water partition coefficient (Wildman–Crippen LogP) is 3.02. The van der Waals surface area contributed by atoms with Gasteiger partial charge in [0.15, 0.2) is 0 Å². The van der Waals surface area contributed by atoms with Crippen LogP contribution in [0.1, 0.15) is 21.5 Å². The van der Waals surface area contributed by atoms with Gasteiger partial charge in [0.05, 0.1) is 18.2 Å². The molecule has 1 amide bonds. The molecule has 0 aromatic heterocycles. The van der Waals surface area contributed by atoms with Gasteiger partial charge in [-0.3, -0.25) is 4.79 Å². The number of hydrogen-bond acceptors (Lipinski definition) is 3. The van der Waals surface area contributed by atoms with Crippen LogP contribution in [0.3, 0.4) is 0 Å². The number of benzene rings is 2. The van der Waals surface area contributed by atoms with E-state index in [4.69, 9.17) is 10.00 Å². The van der Waals surface area contributed by atoms with E-state index >= 15 is 0 Å². The lowest BCUT2D eigenvalue weighted by Gasteiger charge is -2.18. The average molecular weight is 294 g/mol. The zero-order chi connectivity index (χ0) is 15.9. The number of carbonyl (C=O) groups excluding carboxylic acids is 1. The van der Waals surface area contributed by atoms with Gasteiger partial charge in [0.25, 0.3) is 5.91 Å². The molecule has 0 radical (unpaired) electrons. The molecule has 0 spiro atoms. The SMILES string of the molecule is Cc1ccccc1OCCN(C)C(=O)c1ccc(C#N)cc1. The predicted molar refractivity (Wildman–Crippen MR) is 84.8 cm³/mol. The maximum atomic E-state index is 12.2. The summed E-state index contributed by atoms with van der Waals surface area (Å²) in [7, 11) is 1.74. The number of carbonyl (C=O) groups is 1. The van der Waals surface area contributed by atoms with Crippen LogP contribution in [0, 0.1) is 18.3 Å². The van der Waals surface area contributed by atoms with Gasteiger partial charge in [-0.15, -0.1) is 0 Å². The minimum Gasteiger partial charge on any atom is -0.491 e. The fraction of sp³-hybridized carbons (Fsp3) is 0.222. The largest absolute Gasteiger partial charge is 0.491 e. The standard InChI is InChI=1S/C18H18N2O2/c1-14-5-3-4-6-17(14)22-12-11-20(2)18(21)16-9-7-15(13-19)8-10-16/h3-10H,11-12H2,1-2H3. The molecule has 2 aromatic rings. The van der Waals surface area contributed by atoms with Crippen molar-refractivity contribution in [3.8, 4) is 11.8 Å². The average Bonchev–Trinajstić information content (AvgIpc) is 2.56. The van der Waals surface area contributed by atoms with E-state index in [-0.39, 0.29) is 5.91 Å². The molecule has 0 bridgehead atoms. The van der Waals surface area contributed by atoms with Gasteiger partial charge in [-0.25, -0.2) is 0 Å². The molecule has 4 nitrogen and oxygen atoms in total. The number of nitriles is 1. The molecule has 0 N–H and O–H groups in total. The topological polar surface area (TPSA) is 53.3 Å². The van der Waals surface area contributed by atoms with Crippen molar-refractivity contribution in [3.05, 3.63) is 65.2 Å². The number of likely N-dealkylation sites (N-methyl/N-ethyl adjacent to an activating group) is 1. The summed E-state index contributed by atoms with van der Waals surface area (Å²) in [6, 6.07) is 16.4. The van der Waals surface area contributed by atoms with E-state index in [0.717, 1.165) is 11.3 Å². The fourth-order valence-electron chi connectivity index (χ4n) is 2.02. The lowest BCUT2D eigenvalue weighted by atomic mass is 10.1. The zero-order valence-corrected chi connectivity index (χ0v) is 12.7. The highest BCUT2D eigenvalue weighted by molar-refractivity contribution is 5.94. The molecule has 2 rings (SSSR count). The third kappa shape index (κ3) is 3.86. The number of aryl methyl sites for hydroxylation is 1. The van der Waals surface area contributed by atoms with Crippen molar-refractivity contribution in [1.82, 2.24) is 4.90 Å². The van der Waals surface area contributed by atoms with Crippen LogP contribution in [0.15, 0.2) is 48.5 Å². The maximum Gasteiger partial charge on any atom is 0.253 e.